The van der Waals surface area contributed by atoms with E-state index in [0.717, 1.165) is 15.8 Å². The zero-order valence-corrected chi connectivity index (χ0v) is 18.9. The lowest BCUT2D eigenvalue weighted by atomic mass is 10.1. The number of hydrogen-bond acceptors (Lipinski definition) is 3. The molecule has 0 aliphatic heterocycles. The highest BCUT2D eigenvalue weighted by molar-refractivity contribution is 9.10. The third-order valence-electron chi connectivity index (χ3n) is 4.20. The Bertz CT molecular complexity index is 766. The van der Waals surface area contributed by atoms with E-state index in [9.17, 15) is 9.59 Å². The first-order valence-corrected chi connectivity index (χ1v) is 11.3. The standard InChI is InChI=1S/C22H27BrN2O2S/c1-16(2)24-22(27)17(3)25(13-18-9-11-20(23)12-10-18)21(26)15-28-14-19-7-5-4-6-8-19/h4-12,16-17H,13-15H2,1-3H3,(H,24,27)/t17-/m1/s1. The van der Waals surface area contributed by atoms with Crippen LogP contribution in [0.3, 0.4) is 0 Å². The molecule has 0 radical (unpaired) electrons. The minimum Gasteiger partial charge on any atom is -0.352 e. The monoisotopic (exact) mass is 462 g/mol. The number of thioether (sulfide) groups is 1. The predicted molar refractivity (Wildman–Crippen MR) is 120 cm³/mol. The van der Waals surface area contributed by atoms with Crippen molar-refractivity contribution in [1.82, 2.24) is 10.2 Å². The van der Waals surface area contributed by atoms with Gasteiger partial charge in [-0.15, -0.1) is 11.8 Å². The highest BCUT2D eigenvalue weighted by Gasteiger charge is 2.26. The second-order valence-corrected chi connectivity index (χ2v) is 8.87. The van der Waals surface area contributed by atoms with Crippen LogP contribution in [-0.2, 0) is 21.9 Å². The topological polar surface area (TPSA) is 49.4 Å². The summed E-state index contributed by atoms with van der Waals surface area (Å²) in [6, 6.07) is 17.4. The van der Waals surface area contributed by atoms with Gasteiger partial charge in [-0.2, -0.15) is 0 Å². The fourth-order valence-electron chi connectivity index (χ4n) is 2.69. The Balaban J connectivity index is 2.05. The average molecular weight is 463 g/mol. The fraction of sp³-hybridized carbons (Fsp3) is 0.364. The van der Waals surface area contributed by atoms with Gasteiger partial charge >= 0.3 is 0 Å². The van der Waals surface area contributed by atoms with Crippen LogP contribution < -0.4 is 5.32 Å². The number of benzene rings is 2. The lowest BCUT2D eigenvalue weighted by molar-refractivity contribution is -0.138. The summed E-state index contributed by atoms with van der Waals surface area (Å²) in [6.07, 6.45) is 0. The van der Waals surface area contributed by atoms with Crippen LogP contribution in [0.1, 0.15) is 31.9 Å². The molecule has 0 heterocycles. The molecule has 1 atom stereocenters. The molecule has 150 valence electrons. The molecule has 0 aliphatic rings. The van der Waals surface area contributed by atoms with E-state index < -0.39 is 6.04 Å². The van der Waals surface area contributed by atoms with Crippen LogP contribution in [0.4, 0.5) is 0 Å². The van der Waals surface area contributed by atoms with Gasteiger partial charge in [0.1, 0.15) is 6.04 Å². The molecular weight excluding hydrogens is 436 g/mol. The van der Waals surface area contributed by atoms with Gasteiger partial charge in [-0.25, -0.2) is 0 Å². The van der Waals surface area contributed by atoms with Crippen molar-refractivity contribution in [3.63, 3.8) is 0 Å². The number of hydrogen-bond donors (Lipinski definition) is 1. The number of amides is 2. The summed E-state index contributed by atoms with van der Waals surface area (Å²) in [7, 11) is 0. The Morgan fingerprint density at radius 3 is 2.25 bits per heavy atom. The van der Waals surface area contributed by atoms with Crippen molar-refractivity contribution in [2.24, 2.45) is 0 Å². The normalized spacial score (nSPS) is 11.9. The summed E-state index contributed by atoms with van der Waals surface area (Å²) in [4.78, 5) is 27.1. The molecule has 2 aromatic rings. The van der Waals surface area contributed by atoms with E-state index in [1.54, 1.807) is 23.6 Å². The summed E-state index contributed by atoms with van der Waals surface area (Å²) < 4.78 is 0.984. The molecule has 0 fully saturated rings. The zero-order chi connectivity index (χ0) is 20.5. The van der Waals surface area contributed by atoms with Crippen LogP contribution in [0, 0.1) is 0 Å². The van der Waals surface area contributed by atoms with Crippen molar-refractivity contribution >= 4 is 39.5 Å². The van der Waals surface area contributed by atoms with Crippen molar-refractivity contribution < 1.29 is 9.59 Å². The molecule has 0 bridgehead atoms. The number of carbonyl (C=O) groups is 2. The van der Waals surface area contributed by atoms with Crippen molar-refractivity contribution in [3.05, 3.63) is 70.2 Å². The second-order valence-electron chi connectivity index (χ2n) is 6.97. The summed E-state index contributed by atoms with van der Waals surface area (Å²) in [5.74, 6) is 0.944. The number of carbonyl (C=O) groups excluding carboxylic acids is 2. The first kappa shape index (κ1) is 22.5. The molecule has 0 unspecified atom stereocenters. The maximum absolute atomic E-state index is 13.0. The van der Waals surface area contributed by atoms with Gasteiger partial charge in [0.15, 0.2) is 0 Å². The van der Waals surface area contributed by atoms with Gasteiger partial charge in [-0.05, 0) is 44.0 Å². The third kappa shape index (κ3) is 7.32. The van der Waals surface area contributed by atoms with Gasteiger partial charge in [0.25, 0.3) is 0 Å². The Labute approximate surface area is 180 Å². The first-order valence-electron chi connectivity index (χ1n) is 9.32. The molecule has 0 aliphatic carbocycles. The van der Waals surface area contributed by atoms with Crippen LogP contribution in [0.15, 0.2) is 59.1 Å². The van der Waals surface area contributed by atoms with Gasteiger partial charge in [0, 0.05) is 22.8 Å². The summed E-state index contributed by atoms with van der Waals surface area (Å²) >= 11 is 5.00. The molecular formula is C22H27BrN2O2S. The van der Waals surface area contributed by atoms with E-state index in [2.05, 4.69) is 33.4 Å². The minimum atomic E-state index is -0.532. The minimum absolute atomic E-state index is 0.0322. The van der Waals surface area contributed by atoms with E-state index in [4.69, 9.17) is 0 Å². The molecule has 28 heavy (non-hydrogen) atoms. The maximum Gasteiger partial charge on any atom is 0.242 e. The number of nitrogens with zero attached hydrogens (tertiary/aromatic N) is 1. The van der Waals surface area contributed by atoms with E-state index in [-0.39, 0.29) is 17.9 Å². The third-order valence-corrected chi connectivity index (χ3v) is 5.72. The van der Waals surface area contributed by atoms with Gasteiger partial charge in [0.2, 0.25) is 11.8 Å². The largest absolute Gasteiger partial charge is 0.352 e. The van der Waals surface area contributed by atoms with E-state index >= 15 is 0 Å². The number of rotatable bonds is 9. The van der Waals surface area contributed by atoms with Crippen LogP contribution in [-0.4, -0.2) is 34.6 Å². The Morgan fingerprint density at radius 1 is 1.00 bits per heavy atom. The number of halogens is 1. The molecule has 0 aromatic heterocycles. The molecule has 0 spiro atoms. The van der Waals surface area contributed by atoms with Crippen LogP contribution >= 0.6 is 27.7 Å². The molecule has 4 nitrogen and oxygen atoms in total. The van der Waals surface area contributed by atoms with Crippen LogP contribution in [0.2, 0.25) is 0 Å². The maximum atomic E-state index is 13.0. The van der Waals surface area contributed by atoms with E-state index in [1.165, 1.54) is 5.56 Å². The molecule has 0 saturated heterocycles. The van der Waals surface area contributed by atoms with Crippen molar-refractivity contribution in [2.45, 2.75) is 45.2 Å². The SMILES string of the molecule is CC(C)NC(=O)[C@@H](C)N(Cc1ccc(Br)cc1)C(=O)CSCc1ccccc1. The van der Waals surface area contributed by atoms with E-state index in [0.29, 0.717) is 12.3 Å². The molecule has 2 aromatic carbocycles. The molecule has 6 heteroatoms. The smallest absolute Gasteiger partial charge is 0.242 e. The van der Waals surface area contributed by atoms with Gasteiger partial charge in [-0.3, -0.25) is 9.59 Å². The molecule has 0 saturated carbocycles. The molecule has 2 amide bonds. The molecule has 2 rings (SSSR count). The summed E-state index contributed by atoms with van der Waals surface area (Å²) in [5.41, 5.74) is 2.18. The van der Waals surface area contributed by atoms with Gasteiger partial charge in [0.05, 0.1) is 5.75 Å². The second kappa shape index (κ2) is 11.3. The average Bonchev–Trinajstić information content (AvgIpc) is 2.67. The Kier molecular flexibility index (Phi) is 9.06. The highest BCUT2D eigenvalue weighted by Crippen LogP contribution is 2.17. The number of nitrogens with one attached hydrogen (secondary N) is 1. The fourth-order valence-corrected chi connectivity index (χ4v) is 3.82. The van der Waals surface area contributed by atoms with Crippen LogP contribution in [0.5, 0.6) is 0 Å². The summed E-state index contributed by atoms with van der Waals surface area (Å²) in [5, 5.41) is 2.91. The quantitative estimate of drug-likeness (QED) is 0.590. The Hall–Kier alpha value is -1.79. The van der Waals surface area contributed by atoms with Crippen molar-refractivity contribution in [1.29, 1.82) is 0 Å². The lowest BCUT2D eigenvalue weighted by Gasteiger charge is -2.29. The Morgan fingerprint density at radius 2 is 1.64 bits per heavy atom. The van der Waals surface area contributed by atoms with Gasteiger partial charge in [-0.1, -0.05) is 58.4 Å². The van der Waals surface area contributed by atoms with Gasteiger partial charge < -0.3 is 10.2 Å². The van der Waals surface area contributed by atoms with Crippen LogP contribution in [0.25, 0.3) is 0 Å². The lowest BCUT2D eigenvalue weighted by Crippen LogP contribution is -2.49. The first-order chi connectivity index (χ1) is 13.4. The highest BCUT2D eigenvalue weighted by atomic mass is 79.9. The van der Waals surface area contributed by atoms with E-state index in [1.807, 2.05) is 56.3 Å². The van der Waals surface area contributed by atoms with Crippen molar-refractivity contribution in [3.8, 4) is 0 Å². The summed E-state index contributed by atoms with van der Waals surface area (Å²) in [6.45, 7) is 6.03. The zero-order valence-electron chi connectivity index (χ0n) is 16.5. The predicted octanol–water partition coefficient (Wildman–Crippen LogP) is 4.62. The van der Waals surface area contributed by atoms with Crippen molar-refractivity contribution in [2.75, 3.05) is 5.75 Å². The molecule has 1 N–H and O–H groups in total.